The van der Waals surface area contributed by atoms with E-state index in [-0.39, 0.29) is 24.3 Å². The second kappa shape index (κ2) is 5.01. The van der Waals surface area contributed by atoms with Crippen LogP contribution in [0, 0.1) is 23.2 Å². The van der Waals surface area contributed by atoms with Crippen molar-refractivity contribution in [3.63, 3.8) is 0 Å². The number of urea groups is 1. The Bertz CT molecular complexity index is 436. The van der Waals surface area contributed by atoms with Crippen LogP contribution in [0.5, 0.6) is 0 Å². The predicted molar refractivity (Wildman–Crippen MR) is 70.4 cm³/mol. The lowest BCUT2D eigenvalue weighted by atomic mass is 9.67. The van der Waals surface area contributed by atoms with Gasteiger partial charge in [0, 0.05) is 0 Å². The zero-order valence-corrected chi connectivity index (χ0v) is 11.9. The maximum Gasteiger partial charge on any atom is 0.325 e. The summed E-state index contributed by atoms with van der Waals surface area (Å²) in [5.74, 6) is -0.0137. The molecule has 5 nitrogen and oxygen atoms in total. The molecule has 19 heavy (non-hydrogen) atoms. The molecule has 0 aromatic rings. The number of carbonyl (C=O) groups excluding carboxylic acids is 2. The monoisotopic (exact) mass is 283 g/mol. The number of amides is 3. The fourth-order valence-corrected chi connectivity index (χ4v) is 3.46. The van der Waals surface area contributed by atoms with Gasteiger partial charge in [-0.2, -0.15) is 5.26 Å². The molecule has 2 aliphatic rings. The molecule has 3 amide bonds. The van der Waals surface area contributed by atoms with Gasteiger partial charge in [0.25, 0.3) is 5.91 Å². The van der Waals surface area contributed by atoms with Crippen molar-refractivity contribution in [1.29, 1.82) is 5.26 Å². The molecule has 1 aliphatic carbocycles. The summed E-state index contributed by atoms with van der Waals surface area (Å²) in [6.07, 6.45) is 2.92. The predicted octanol–water partition coefficient (Wildman–Crippen LogP) is 1.86. The third-order valence-corrected chi connectivity index (χ3v) is 4.71. The van der Waals surface area contributed by atoms with E-state index in [0.717, 1.165) is 24.2 Å². The number of hydrogen-bond acceptors (Lipinski definition) is 3. The van der Waals surface area contributed by atoms with Gasteiger partial charge in [-0.05, 0) is 24.7 Å². The highest BCUT2D eigenvalue weighted by Crippen LogP contribution is 2.42. The SMILES string of the molecule is CC1CCCC(C)C12NC(=O)N(CC(Cl)C#N)C2=O. The molecule has 0 aromatic heterocycles. The van der Waals surface area contributed by atoms with E-state index in [1.807, 2.05) is 19.9 Å². The van der Waals surface area contributed by atoms with Crippen molar-refractivity contribution >= 4 is 23.5 Å². The van der Waals surface area contributed by atoms with E-state index < -0.39 is 16.9 Å². The van der Waals surface area contributed by atoms with Crippen LogP contribution in [0.25, 0.3) is 0 Å². The standard InChI is InChI=1S/C13H18ClN3O2/c1-8-4-3-5-9(2)13(8)11(18)17(12(19)16-13)7-10(14)6-15/h8-10H,3-5,7H2,1-2H3,(H,16,19). The first-order valence-corrected chi connectivity index (χ1v) is 7.05. The maximum absolute atomic E-state index is 12.6. The minimum Gasteiger partial charge on any atom is -0.323 e. The van der Waals surface area contributed by atoms with Gasteiger partial charge in [0.05, 0.1) is 12.6 Å². The smallest absolute Gasteiger partial charge is 0.323 e. The second-order valence-corrected chi connectivity index (χ2v) is 6.07. The summed E-state index contributed by atoms with van der Waals surface area (Å²) >= 11 is 5.74. The summed E-state index contributed by atoms with van der Waals surface area (Å²) in [4.78, 5) is 25.8. The van der Waals surface area contributed by atoms with Crippen molar-refractivity contribution < 1.29 is 9.59 Å². The van der Waals surface area contributed by atoms with Crippen LogP contribution < -0.4 is 5.32 Å². The summed E-state index contributed by atoms with van der Waals surface area (Å²) in [6, 6.07) is 1.41. The average Bonchev–Trinajstić information content (AvgIpc) is 2.62. The molecule has 6 heteroatoms. The van der Waals surface area contributed by atoms with Crippen LogP contribution in [0.3, 0.4) is 0 Å². The van der Waals surface area contributed by atoms with Crippen molar-refractivity contribution in [2.75, 3.05) is 6.54 Å². The summed E-state index contributed by atoms with van der Waals surface area (Å²) in [5.41, 5.74) is -0.804. The third kappa shape index (κ3) is 2.08. The van der Waals surface area contributed by atoms with Gasteiger partial charge in [-0.25, -0.2) is 4.79 Å². The number of nitriles is 1. The molecule has 2 fully saturated rings. The van der Waals surface area contributed by atoms with Gasteiger partial charge < -0.3 is 5.32 Å². The van der Waals surface area contributed by atoms with Gasteiger partial charge >= 0.3 is 6.03 Å². The molecule has 1 aliphatic heterocycles. The summed E-state index contributed by atoms with van der Waals surface area (Å²) < 4.78 is 0. The average molecular weight is 284 g/mol. The molecule has 0 aromatic carbocycles. The fourth-order valence-electron chi connectivity index (χ4n) is 3.32. The van der Waals surface area contributed by atoms with Gasteiger partial charge in [-0.15, -0.1) is 11.6 Å². The number of halogens is 1. The van der Waals surface area contributed by atoms with Crippen molar-refractivity contribution in [1.82, 2.24) is 10.2 Å². The Labute approximate surface area is 117 Å². The first kappa shape index (κ1) is 14.1. The lowest BCUT2D eigenvalue weighted by Gasteiger charge is -2.42. The zero-order chi connectivity index (χ0) is 14.2. The lowest BCUT2D eigenvalue weighted by molar-refractivity contribution is -0.136. The van der Waals surface area contributed by atoms with E-state index in [1.54, 1.807) is 0 Å². The Hall–Kier alpha value is -1.28. The van der Waals surface area contributed by atoms with Gasteiger partial charge in [-0.1, -0.05) is 20.3 Å². The molecule has 1 N–H and O–H groups in total. The van der Waals surface area contributed by atoms with Crippen LogP contribution in [0.15, 0.2) is 0 Å². The topological polar surface area (TPSA) is 73.2 Å². The van der Waals surface area contributed by atoms with E-state index in [4.69, 9.17) is 16.9 Å². The summed E-state index contributed by atoms with van der Waals surface area (Å²) in [5, 5.41) is 10.7. The van der Waals surface area contributed by atoms with Crippen molar-refractivity contribution in [2.45, 2.75) is 44.0 Å². The minimum absolute atomic E-state index is 0.0517. The van der Waals surface area contributed by atoms with Gasteiger partial charge in [-0.3, -0.25) is 9.69 Å². The van der Waals surface area contributed by atoms with Crippen LogP contribution in [0.1, 0.15) is 33.1 Å². The van der Waals surface area contributed by atoms with E-state index >= 15 is 0 Å². The third-order valence-electron chi connectivity index (χ3n) is 4.47. The number of rotatable bonds is 2. The van der Waals surface area contributed by atoms with Crippen molar-refractivity contribution in [3.8, 4) is 6.07 Å². The fraction of sp³-hybridized carbons (Fsp3) is 0.769. The highest BCUT2D eigenvalue weighted by atomic mass is 35.5. The van der Waals surface area contributed by atoms with Crippen LogP contribution in [0.4, 0.5) is 4.79 Å². The first-order chi connectivity index (χ1) is 8.93. The molecule has 3 unspecified atom stereocenters. The molecule has 1 spiro atoms. The largest absolute Gasteiger partial charge is 0.325 e. The molecule has 1 saturated heterocycles. The van der Waals surface area contributed by atoms with Crippen LogP contribution in [0.2, 0.25) is 0 Å². The molecule has 104 valence electrons. The number of nitrogens with one attached hydrogen (secondary N) is 1. The quantitative estimate of drug-likeness (QED) is 0.621. The number of hydrogen-bond donors (Lipinski definition) is 1. The Morgan fingerprint density at radius 3 is 2.58 bits per heavy atom. The summed E-state index contributed by atoms with van der Waals surface area (Å²) in [6.45, 7) is 3.95. The van der Waals surface area contributed by atoms with E-state index in [0.29, 0.717) is 0 Å². The first-order valence-electron chi connectivity index (χ1n) is 6.61. The van der Waals surface area contributed by atoms with E-state index in [9.17, 15) is 9.59 Å². The molecular weight excluding hydrogens is 266 g/mol. The zero-order valence-electron chi connectivity index (χ0n) is 11.1. The molecule has 0 radical (unpaired) electrons. The number of carbonyl (C=O) groups is 2. The number of nitrogens with zero attached hydrogens (tertiary/aromatic N) is 2. The minimum atomic E-state index is -0.862. The number of imide groups is 1. The Morgan fingerprint density at radius 1 is 1.47 bits per heavy atom. The molecule has 0 bridgehead atoms. The Balaban J connectivity index is 2.28. The van der Waals surface area contributed by atoms with Crippen molar-refractivity contribution in [2.24, 2.45) is 11.8 Å². The molecule has 1 heterocycles. The lowest BCUT2D eigenvalue weighted by Crippen LogP contribution is -2.59. The molecule has 1 saturated carbocycles. The van der Waals surface area contributed by atoms with E-state index in [2.05, 4.69) is 5.32 Å². The normalized spacial score (nSPS) is 36.2. The Kier molecular flexibility index (Phi) is 3.73. The maximum atomic E-state index is 12.6. The van der Waals surface area contributed by atoms with E-state index in [1.165, 1.54) is 0 Å². The second-order valence-electron chi connectivity index (χ2n) is 5.54. The number of alkyl halides is 1. The van der Waals surface area contributed by atoms with Crippen LogP contribution in [-0.2, 0) is 4.79 Å². The van der Waals surface area contributed by atoms with Gasteiger partial charge in [0.1, 0.15) is 10.9 Å². The van der Waals surface area contributed by atoms with Crippen LogP contribution >= 0.6 is 11.6 Å². The van der Waals surface area contributed by atoms with Crippen molar-refractivity contribution in [3.05, 3.63) is 0 Å². The van der Waals surface area contributed by atoms with Gasteiger partial charge in [0.2, 0.25) is 0 Å². The highest BCUT2D eigenvalue weighted by Gasteiger charge is 2.58. The molecular formula is C13H18ClN3O2. The van der Waals surface area contributed by atoms with Crippen LogP contribution in [-0.4, -0.2) is 34.3 Å². The molecule has 2 rings (SSSR count). The highest BCUT2D eigenvalue weighted by molar-refractivity contribution is 6.23. The summed E-state index contributed by atoms with van der Waals surface area (Å²) in [7, 11) is 0. The Morgan fingerprint density at radius 2 is 2.05 bits per heavy atom. The molecule has 3 atom stereocenters. The van der Waals surface area contributed by atoms with Gasteiger partial charge in [0.15, 0.2) is 0 Å².